The lowest BCUT2D eigenvalue weighted by Crippen LogP contribution is -2.36. The number of ether oxygens (including phenoxy) is 1. The van der Waals surface area contributed by atoms with Crippen molar-refractivity contribution in [1.82, 2.24) is 15.4 Å². The summed E-state index contributed by atoms with van der Waals surface area (Å²) in [6, 6.07) is 15.0. The summed E-state index contributed by atoms with van der Waals surface area (Å²) in [6.45, 7) is 3.14. The van der Waals surface area contributed by atoms with Gasteiger partial charge in [-0.1, -0.05) is 29.8 Å². The summed E-state index contributed by atoms with van der Waals surface area (Å²) in [7, 11) is 1.38. The number of nitrogens with zero attached hydrogens (tertiary/aromatic N) is 3. The summed E-state index contributed by atoms with van der Waals surface area (Å²) in [5, 5.41) is 6.64. The van der Waals surface area contributed by atoms with Crippen LogP contribution in [0, 0.1) is 0 Å². The van der Waals surface area contributed by atoms with E-state index in [9.17, 15) is 4.79 Å². The Morgan fingerprint density at radius 1 is 1.12 bits per heavy atom. The van der Waals surface area contributed by atoms with Gasteiger partial charge in [-0.05, 0) is 30.3 Å². The van der Waals surface area contributed by atoms with Crippen LogP contribution in [0.2, 0.25) is 5.02 Å². The summed E-state index contributed by atoms with van der Waals surface area (Å²) < 4.78 is 5.43. The van der Waals surface area contributed by atoms with E-state index in [2.05, 4.69) is 37.0 Å². The zero-order valence-electron chi connectivity index (χ0n) is 17.5. The Balaban J connectivity index is 1.54. The van der Waals surface area contributed by atoms with Crippen molar-refractivity contribution in [3.8, 4) is 0 Å². The number of hydrogen-bond acceptors (Lipinski definition) is 8. The first kappa shape index (κ1) is 21.8. The quantitative estimate of drug-likeness (QED) is 0.464. The molecule has 3 aromatic rings. The van der Waals surface area contributed by atoms with Crippen molar-refractivity contribution in [1.29, 1.82) is 0 Å². The van der Waals surface area contributed by atoms with Crippen molar-refractivity contribution in [2.75, 3.05) is 48.9 Å². The van der Waals surface area contributed by atoms with Gasteiger partial charge in [0.1, 0.15) is 5.02 Å². The van der Waals surface area contributed by atoms with Gasteiger partial charge in [0.25, 0.3) is 5.91 Å². The maximum Gasteiger partial charge on any atom is 0.276 e. The molecule has 32 heavy (non-hydrogen) atoms. The Hall–Kier alpha value is -3.40. The highest BCUT2D eigenvalue weighted by Crippen LogP contribution is 2.28. The van der Waals surface area contributed by atoms with Gasteiger partial charge in [-0.3, -0.25) is 9.63 Å². The van der Waals surface area contributed by atoms with Crippen LogP contribution in [0.4, 0.5) is 28.8 Å². The summed E-state index contributed by atoms with van der Waals surface area (Å²) in [5.41, 5.74) is 5.18. The van der Waals surface area contributed by atoms with Crippen LogP contribution in [-0.2, 0) is 9.57 Å². The smallest absolute Gasteiger partial charge is 0.276 e. The molecule has 0 saturated carbocycles. The van der Waals surface area contributed by atoms with Crippen LogP contribution in [0.25, 0.3) is 0 Å². The molecule has 166 valence electrons. The van der Waals surface area contributed by atoms with Crippen LogP contribution in [-0.4, -0.2) is 49.3 Å². The number of nitrogens with one attached hydrogen (secondary N) is 3. The molecule has 9 nitrogen and oxygen atoms in total. The van der Waals surface area contributed by atoms with Crippen LogP contribution in [0.1, 0.15) is 10.4 Å². The number of aromatic nitrogens is 2. The number of rotatable bonds is 7. The van der Waals surface area contributed by atoms with Gasteiger partial charge in [0.15, 0.2) is 5.82 Å². The third-order valence-electron chi connectivity index (χ3n) is 4.84. The molecule has 2 heterocycles. The number of amides is 1. The van der Waals surface area contributed by atoms with Gasteiger partial charge in [0.05, 0.1) is 37.8 Å². The predicted molar refractivity (Wildman–Crippen MR) is 124 cm³/mol. The highest BCUT2D eigenvalue weighted by Gasteiger charge is 2.14. The van der Waals surface area contributed by atoms with E-state index in [-0.39, 0.29) is 5.91 Å². The molecule has 1 aliphatic rings. The number of benzene rings is 2. The first-order valence-electron chi connectivity index (χ1n) is 10.1. The van der Waals surface area contributed by atoms with Crippen LogP contribution in [0.5, 0.6) is 0 Å². The lowest BCUT2D eigenvalue weighted by molar-refractivity contribution is 0.0538. The molecule has 1 aliphatic heterocycles. The Labute approximate surface area is 190 Å². The first-order valence-corrected chi connectivity index (χ1v) is 10.4. The van der Waals surface area contributed by atoms with E-state index in [4.69, 9.17) is 21.2 Å². The van der Waals surface area contributed by atoms with Crippen molar-refractivity contribution >= 4 is 46.3 Å². The average Bonchev–Trinajstić information content (AvgIpc) is 2.82. The van der Waals surface area contributed by atoms with Gasteiger partial charge in [-0.2, -0.15) is 4.98 Å². The van der Waals surface area contributed by atoms with E-state index < -0.39 is 0 Å². The largest absolute Gasteiger partial charge is 0.378 e. The molecule has 1 amide bonds. The normalized spacial score (nSPS) is 13.5. The predicted octanol–water partition coefficient (Wildman–Crippen LogP) is 3.75. The van der Waals surface area contributed by atoms with E-state index in [1.54, 1.807) is 24.3 Å². The number of hydrogen-bond donors (Lipinski definition) is 3. The molecule has 1 aromatic heterocycles. The average molecular weight is 455 g/mol. The molecule has 1 fully saturated rings. The fourth-order valence-electron chi connectivity index (χ4n) is 3.31. The van der Waals surface area contributed by atoms with Crippen LogP contribution in [0.15, 0.2) is 54.7 Å². The summed E-state index contributed by atoms with van der Waals surface area (Å²) in [6.07, 6.45) is 1.50. The Kier molecular flexibility index (Phi) is 7.00. The molecule has 0 spiro atoms. The Morgan fingerprint density at radius 2 is 1.94 bits per heavy atom. The molecule has 0 unspecified atom stereocenters. The minimum absolute atomic E-state index is 0.319. The maximum absolute atomic E-state index is 12.2. The number of morpholine rings is 1. The van der Waals surface area contributed by atoms with E-state index in [1.165, 1.54) is 13.3 Å². The topological polar surface area (TPSA) is 101 Å². The molecular weight excluding hydrogens is 432 g/mol. The fraction of sp³-hybridized carbons (Fsp3) is 0.227. The third-order valence-corrected chi connectivity index (χ3v) is 5.12. The summed E-state index contributed by atoms with van der Waals surface area (Å²) >= 11 is 6.31. The number of halogens is 1. The molecular formula is C22H23ClN6O3. The first-order chi connectivity index (χ1) is 15.6. The minimum atomic E-state index is -0.390. The van der Waals surface area contributed by atoms with E-state index >= 15 is 0 Å². The molecule has 1 saturated heterocycles. The second-order valence-electron chi connectivity index (χ2n) is 6.97. The van der Waals surface area contributed by atoms with Gasteiger partial charge in [-0.25, -0.2) is 10.5 Å². The van der Waals surface area contributed by atoms with Crippen molar-refractivity contribution in [3.05, 3.63) is 65.3 Å². The Morgan fingerprint density at radius 3 is 2.75 bits per heavy atom. The molecule has 0 radical (unpaired) electrons. The van der Waals surface area contributed by atoms with E-state index in [1.807, 2.05) is 18.2 Å². The standard InChI is InChI=1S/C22H23ClN6O3/c1-31-28-21(30)17-7-2-3-8-19(17)26-20-18(23)14-24-22(27-20)25-15-5-4-6-16(13-15)29-9-11-32-12-10-29/h2-8,13-14H,9-12H2,1H3,(H,28,30)(H2,24,25,26,27). The molecule has 10 heteroatoms. The summed E-state index contributed by atoms with van der Waals surface area (Å²) in [5.74, 6) is 0.347. The zero-order chi connectivity index (χ0) is 22.3. The van der Waals surface area contributed by atoms with E-state index in [0.29, 0.717) is 28.0 Å². The molecule has 4 rings (SSSR count). The van der Waals surface area contributed by atoms with Crippen molar-refractivity contribution in [3.63, 3.8) is 0 Å². The number of para-hydroxylation sites is 1. The number of carbonyl (C=O) groups excluding carboxylic acids is 1. The van der Waals surface area contributed by atoms with Gasteiger partial charge in [0.2, 0.25) is 5.95 Å². The highest BCUT2D eigenvalue weighted by atomic mass is 35.5. The number of carbonyl (C=O) groups is 1. The van der Waals surface area contributed by atoms with Crippen LogP contribution in [0.3, 0.4) is 0 Å². The second-order valence-corrected chi connectivity index (χ2v) is 7.38. The highest BCUT2D eigenvalue weighted by molar-refractivity contribution is 6.33. The molecule has 2 aromatic carbocycles. The molecule has 3 N–H and O–H groups in total. The SMILES string of the molecule is CONC(=O)c1ccccc1Nc1nc(Nc2cccc(N3CCOCC3)c2)ncc1Cl. The van der Waals surface area contributed by atoms with Crippen molar-refractivity contribution in [2.45, 2.75) is 0 Å². The lowest BCUT2D eigenvalue weighted by atomic mass is 10.1. The van der Waals surface area contributed by atoms with Crippen molar-refractivity contribution in [2.24, 2.45) is 0 Å². The second kappa shape index (κ2) is 10.3. The van der Waals surface area contributed by atoms with Crippen LogP contribution >= 0.6 is 11.6 Å². The van der Waals surface area contributed by atoms with Crippen molar-refractivity contribution < 1.29 is 14.4 Å². The van der Waals surface area contributed by atoms with Gasteiger partial charge < -0.3 is 20.3 Å². The number of anilines is 5. The fourth-order valence-corrected chi connectivity index (χ4v) is 3.45. The van der Waals surface area contributed by atoms with Gasteiger partial charge >= 0.3 is 0 Å². The lowest BCUT2D eigenvalue weighted by Gasteiger charge is -2.29. The third kappa shape index (κ3) is 5.25. The minimum Gasteiger partial charge on any atom is -0.378 e. The van der Waals surface area contributed by atoms with Crippen LogP contribution < -0.4 is 21.0 Å². The van der Waals surface area contributed by atoms with Gasteiger partial charge in [0, 0.05) is 24.5 Å². The zero-order valence-corrected chi connectivity index (χ0v) is 18.2. The Bertz CT molecular complexity index is 1090. The number of hydroxylamine groups is 1. The molecule has 0 aliphatic carbocycles. The summed E-state index contributed by atoms with van der Waals surface area (Å²) in [4.78, 5) is 28.0. The molecule has 0 atom stereocenters. The molecule has 0 bridgehead atoms. The monoisotopic (exact) mass is 454 g/mol. The van der Waals surface area contributed by atoms with Gasteiger partial charge in [-0.15, -0.1) is 0 Å². The maximum atomic E-state index is 12.2. The van der Waals surface area contributed by atoms with E-state index in [0.717, 1.165) is 37.7 Å².